The Morgan fingerprint density at radius 1 is 1.29 bits per heavy atom. The fraction of sp³-hybridized carbons (Fsp3) is 0.611. The molecule has 1 aromatic rings. The number of hydrogen-bond donors (Lipinski definition) is 2. The second-order valence-corrected chi connectivity index (χ2v) is 5.95. The smallest absolute Gasteiger partial charge is 0.251 e. The van der Waals surface area contributed by atoms with E-state index in [9.17, 15) is 4.79 Å². The average Bonchev–Trinajstić information content (AvgIpc) is 3.39. The van der Waals surface area contributed by atoms with Gasteiger partial charge in [-0.2, -0.15) is 0 Å². The molecule has 2 rings (SSSR count). The van der Waals surface area contributed by atoms with E-state index in [0.717, 1.165) is 25.7 Å². The quantitative estimate of drug-likeness (QED) is 0.631. The van der Waals surface area contributed by atoms with E-state index in [1.54, 1.807) is 12.1 Å². The number of carbonyl (C=O) groups is 1. The van der Waals surface area contributed by atoms with Crippen molar-refractivity contribution in [1.82, 2.24) is 5.32 Å². The van der Waals surface area contributed by atoms with Crippen LogP contribution in [0.1, 0.15) is 49.9 Å². The van der Waals surface area contributed by atoms with Crippen molar-refractivity contribution in [2.75, 3.05) is 19.8 Å². The highest BCUT2D eigenvalue weighted by molar-refractivity contribution is 5.95. The average molecular weight is 357 g/mol. The molecule has 0 saturated heterocycles. The van der Waals surface area contributed by atoms with Crippen molar-refractivity contribution < 1.29 is 14.3 Å². The predicted octanol–water partition coefficient (Wildman–Crippen LogP) is 3.15. The van der Waals surface area contributed by atoms with Crippen molar-refractivity contribution in [3.8, 4) is 11.5 Å². The lowest BCUT2D eigenvalue weighted by Gasteiger charge is -2.17. The molecule has 0 aliphatic heterocycles. The van der Waals surface area contributed by atoms with Crippen LogP contribution in [0.2, 0.25) is 0 Å². The zero-order chi connectivity index (χ0) is 16.7. The molecule has 6 heteroatoms. The number of benzene rings is 1. The molecule has 1 aliphatic carbocycles. The monoisotopic (exact) mass is 356 g/mol. The predicted molar refractivity (Wildman–Crippen MR) is 98.3 cm³/mol. The number of carbonyl (C=O) groups excluding carboxylic acids is 1. The number of nitrogens with one attached hydrogen (secondary N) is 1. The van der Waals surface area contributed by atoms with Crippen LogP contribution in [0.4, 0.5) is 0 Å². The largest absolute Gasteiger partial charge is 0.490 e. The van der Waals surface area contributed by atoms with E-state index in [1.807, 2.05) is 13.0 Å². The molecule has 1 fully saturated rings. The van der Waals surface area contributed by atoms with Gasteiger partial charge in [-0.1, -0.05) is 13.3 Å². The van der Waals surface area contributed by atoms with Gasteiger partial charge in [0.1, 0.15) is 0 Å². The van der Waals surface area contributed by atoms with Gasteiger partial charge in [0.2, 0.25) is 0 Å². The highest BCUT2D eigenvalue weighted by Gasteiger charge is 2.31. The van der Waals surface area contributed by atoms with Gasteiger partial charge < -0.3 is 20.5 Å². The summed E-state index contributed by atoms with van der Waals surface area (Å²) < 4.78 is 11.4. The lowest BCUT2D eigenvalue weighted by atomic mass is 10.1. The molecular formula is C18H29ClN2O3. The van der Waals surface area contributed by atoms with Crippen LogP contribution in [0.5, 0.6) is 11.5 Å². The molecule has 1 aliphatic rings. The first-order valence-electron chi connectivity index (χ1n) is 8.60. The van der Waals surface area contributed by atoms with Gasteiger partial charge in [-0.3, -0.25) is 4.79 Å². The molecular weight excluding hydrogens is 328 g/mol. The topological polar surface area (TPSA) is 73.6 Å². The second-order valence-electron chi connectivity index (χ2n) is 5.95. The normalized spacial score (nSPS) is 14.5. The van der Waals surface area contributed by atoms with Crippen molar-refractivity contribution in [1.29, 1.82) is 0 Å². The third kappa shape index (κ3) is 5.87. The first-order chi connectivity index (χ1) is 11.2. The number of rotatable bonds is 10. The van der Waals surface area contributed by atoms with Gasteiger partial charge in [-0.25, -0.2) is 0 Å². The minimum atomic E-state index is -0.103. The molecule has 0 bridgehead atoms. The van der Waals surface area contributed by atoms with Gasteiger partial charge in [0.05, 0.1) is 13.2 Å². The van der Waals surface area contributed by atoms with Gasteiger partial charge >= 0.3 is 0 Å². The molecule has 0 heterocycles. The van der Waals surface area contributed by atoms with Gasteiger partial charge in [-0.15, -0.1) is 12.4 Å². The number of ether oxygens (including phenoxy) is 2. The van der Waals surface area contributed by atoms with E-state index in [4.69, 9.17) is 15.2 Å². The van der Waals surface area contributed by atoms with E-state index >= 15 is 0 Å². The van der Waals surface area contributed by atoms with Crippen LogP contribution in [0.3, 0.4) is 0 Å². The maximum absolute atomic E-state index is 12.4. The fourth-order valence-electron chi connectivity index (χ4n) is 2.48. The zero-order valence-electron chi connectivity index (χ0n) is 14.5. The Kier molecular flexibility index (Phi) is 8.93. The van der Waals surface area contributed by atoms with E-state index < -0.39 is 0 Å². The number of hydrogen-bond acceptors (Lipinski definition) is 4. The Labute approximate surface area is 150 Å². The van der Waals surface area contributed by atoms with Crippen LogP contribution >= 0.6 is 12.4 Å². The number of nitrogens with two attached hydrogens (primary N) is 1. The molecule has 1 unspecified atom stereocenters. The van der Waals surface area contributed by atoms with E-state index in [1.165, 1.54) is 0 Å². The van der Waals surface area contributed by atoms with Crippen molar-refractivity contribution in [2.45, 2.75) is 45.6 Å². The number of amides is 1. The molecule has 1 saturated carbocycles. The standard InChI is InChI=1S/C18H28N2O3.ClH/c1-3-5-10-23-16-9-8-14(11-17(16)22-4-2)18(21)20-15(12-19)13-6-7-13;/h8-9,11,13,15H,3-7,10,12,19H2,1-2H3,(H,20,21);1H. The van der Waals surface area contributed by atoms with Crippen LogP contribution in [0.25, 0.3) is 0 Å². The Bertz CT molecular complexity index is 521. The Hall–Kier alpha value is -1.46. The van der Waals surface area contributed by atoms with Crippen LogP contribution in [0.15, 0.2) is 18.2 Å². The van der Waals surface area contributed by atoms with E-state index in [-0.39, 0.29) is 24.4 Å². The summed E-state index contributed by atoms with van der Waals surface area (Å²) in [4.78, 5) is 12.4. The highest BCUT2D eigenvalue weighted by atomic mass is 35.5. The van der Waals surface area contributed by atoms with Crippen LogP contribution in [-0.2, 0) is 0 Å². The maximum Gasteiger partial charge on any atom is 0.251 e. The summed E-state index contributed by atoms with van der Waals surface area (Å²) in [7, 11) is 0. The molecule has 136 valence electrons. The summed E-state index contributed by atoms with van der Waals surface area (Å²) >= 11 is 0. The third-order valence-corrected chi connectivity index (χ3v) is 4.02. The minimum absolute atomic E-state index is 0. The van der Waals surface area contributed by atoms with Gasteiger partial charge in [0.15, 0.2) is 11.5 Å². The van der Waals surface area contributed by atoms with E-state index in [2.05, 4.69) is 12.2 Å². The summed E-state index contributed by atoms with van der Waals surface area (Å²) in [6.45, 7) is 5.70. The summed E-state index contributed by atoms with van der Waals surface area (Å²) in [6.07, 6.45) is 4.37. The Morgan fingerprint density at radius 3 is 2.62 bits per heavy atom. The molecule has 0 radical (unpaired) electrons. The third-order valence-electron chi connectivity index (χ3n) is 4.02. The van der Waals surface area contributed by atoms with Crippen molar-refractivity contribution in [3.05, 3.63) is 23.8 Å². The summed E-state index contributed by atoms with van der Waals surface area (Å²) in [5.41, 5.74) is 6.33. The maximum atomic E-state index is 12.4. The molecule has 0 spiro atoms. The van der Waals surface area contributed by atoms with Crippen molar-refractivity contribution >= 4 is 18.3 Å². The first-order valence-corrected chi connectivity index (χ1v) is 8.60. The fourth-order valence-corrected chi connectivity index (χ4v) is 2.48. The zero-order valence-corrected chi connectivity index (χ0v) is 15.4. The molecule has 3 N–H and O–H groups in total. The molecule has 24 heavy (non-hydrogen) atoms. The molecule has 1 atom stereocenters. The van der Waals surface area contributed by atoms with Gasteiger partial charge in [-0.05, 0) is 50.3 Å². The van der Waals surface area contributed by atoms with Crippen LogP contribution in [0, 0.1) is 5.92 Å². The Balaban J connectivity index is 0.00000288. The van der Waals surface area contributed by atoms with E-state index in [0.29, 0.717) is 42.7 Å². The van der Waals surface area contributed by atoms with Crippen molar-refractivity contribution in [3.63, 3.8) is 0 Å². The lowest BCUT2D eigenvalue weighted by molar-refractivity contribution is 0.0933. The number of halogens is 1. The summed E-state index contributed by atoms with van der Waals surface area (Å²) in [5.74, 6) is 1.74. The van der Waals surface area contributed by atoms with Crippen molar-refractivity contribution in [2.24, 2.45) is 11.7 Å². The van der Waals surface area contributed by atoms with Gasteiger partial charge in [0, 0.05) is 18.2 Å². The summed E-state index contributed by atoms with van der Waals surface area (Å²) in [6, 6.07) is 5.41. The molecule has 1 amide bonds. The van der Waals surface area contributed by atoms with Crippen LogP contribution in [-0.4, -0.2) is 31.7 Å². The molecule has 5 nitrogen and oxygen atoms in total. The second kappa shape index (κ2) is 10.4. The molecule has 1 aromatic carbocycles. The first kappa shape index (κ1) is 20.6. The minimum Gasteiger partial charge on any atom is -0.490 e. The Morgan fingerprint density at radius 2 is 2.04 bits per heavy atom. The number of unbranched alkanes of at least 4 members (excludes halogenated alkanes) is 1. The molecule has 0 aromatic heterocycles. The van der Waals surface area contributed by atoms with Crippen LogP contribution < -0.4 is 20.5 Å². The highest BCUT2D eigenvalue weighted by Crippen LogP contribution is 2.33. The summed E-state index contributed by atoms with van der Waals surface area (Å²) in [5, 5.41) is 3.03. The van der Waals surface area contributed by atoms with Gasteiger partial charge in [0.25, 0.3) is 5.91 Å². The SMILES string of the molecule is CCCCOc1ccc(C(=O)NC(CN)C2CC2)cc1OCC.Cl. The lowest BCUT2D eigenvalue weighted by Crippen LogP contribution is -2.41.